The van der Waals surface area contributed by atoms with Gasteiger partial charge in [0.25, 0.3) is 5.69 Å². The van der Waals surface area contributed by atoms with E-state index in [-0.39, 0.29) is 10.6 Å². The lowest BCUT2D eigenvalue weighted by Crippen LogP contribution is -2.16. The molecule has 0 radical (unpaired) electrons. The number of nitro groups is 1. The molecule has 22 heavy (non-hydrogen) atoms. The van der Waals surface area contributed by atoms with Crippen molar-refractivity contribution in [2.24, 2.45) is 0 Å². The summed E-state index contributed by atoms with van der Waals surface area (Å²) in [5.74, 6) is 0. The molecule has 0 saturated carbocycles. The van der Waals surface area contributed by atoms with Crippen molar-refractivity contribution < 1.29 is 4.92 Å². The minimum Gasteiger partial charge on any atom is -0.384 e. The molecule has 0 amide bonds. The number of aromatic nitrogens is 1. The van der Waals surface area contributed by atoms with Crippen molar-refractivity contribution in [1.29, 1.82) is 0 Å². The number of nitro benzene ring substituents is 1. The first kappa shape index (κ1) is 16.2. The predicted molar refractivity (Wildman–Crippen MR) is 89.5 cm³/mol. The van der Waals surface area contributed by atoms with Gasteiger partial charge >= 0.3 is 0 Å². The van der Waals surface area contributed by atoms with Crippen LogP contribution in [0.2, 0.25) is 0 Å². The van der Waals surface area contributed by atoms with Crippen molar-refractivity contribution in [2.45, 2.75) is 20.3 Å². The largest absolute Gasteiger partial charge is 0.384 e. The lowest BCUT2D eigenvalue weighted by atomic mass is 10.0. The molecule has 6 nitrogen and oxygen atoms in total. The number of benzene rings is 1. The van der Waals surface area contributed by atoms with Crippen LogP contribution in [0.5, 0.6) is 0 Å². The van der Waals surface area contributed by atoms with Crippen LogP contribution in [-0.2, 0) is 0 Å². The van der Waals surface area contributed by atoms with Crippen LogP contribution in [0.4, 0.5) is 11.4 Å². The van der Waals surface area contributed by atoms with E-state index in [1.165, 1.54) is 0 Å². The van der Waals surface area contributed by atoms with Gasteiger partial charge in [0.15, 0.2) is 0 Å². The third-order valence-electron chi connectivity index (χ3n) is 3.65. The highest BCUT2D eigenvalue weighted by molar-refractivity contribution is 6.01. The van der Waals surface area contributed by atoms with Crippen molar-refractivity contribution in [1.82, 2.24) is 9.88 Å². The zero-order chi connectivity index (χ0) is 16.3. The first-order valence-corrected chi connectivity index (χ1v) is 7.33. The van der Waals surface area contributed by atoms with Crippen LogP contribution < -0.4 is 5.32 Å². The van der Waals surface area contributed by atoms with Crippen molar-refractivity contribution in [3.63, 3.8) is 0 Å². The summed E-state index contributed by atoms with van der Waals surface area (Å²) in [6.07, 6.45) is 2.66. The molecule has 1 aromatic heterocycles. The van der Waals surface area contributed by atoms with Gasteiger partial charge in [-0.25, -0.2) is 0 Å². The maximum Gasteiger partial charge on any atom is 0.283 e. The Balaban J connectivity index is 2.44. The van der Waals surface area contributed by atoms with Crippen LogP contribution in [0, 0.1) is 24.0 Å². The fraction of sp³-hybridized carbons (Fsp3) is 0.438. The van der Waals surface area contributed by atoms with Gasteiger partial charge in [-0.05, 0) is 58.6 Å². The molecule has 0 saturated heterocycles. The highest BCUT2D eigenvalue weighted by Crippen LogP contribution is 2.35. The van der Waals surface area contributed by atoms with E-state index in [2.05, 4.69) is 15.2 Å². The molecule has 0 atom stereocenters. The average Bonchev–Trinajstić information content (AvgIpc) is 2.43. The molecule has 2 rings (SSSR count). The van der Waals surface area contributed by atoms with Gasteiger partial charge in [-0.3, -0.25) is 15.1 Å². The Morgan fingerprint density at radius 2 is 2.05 bits per heavy atom. The van der Waals surface area contributed by atoms with E-state index in [1.54, 1.807) is 13.1 Å². The molecule has 1 aromatic carbocycles. The number of hydrogen-bond donors (Lipinski definition) is 1. The van der Waals surface area contributed by atoms with Crippen LogP contribution in [0.15, 0.2) is 18.3 Å². The van der Waals surface area contributed by atoms with Crippen LogP contribution >= 0.6 is 0 Å². The summed E-state index contributed by atoms with van der Waals surface area (Å²) in [7, 11) is 4.05. The van der Waals surface area contributed by atoms with Gasteiger partial charge in [0.2, 0.25) is 0 Å². The molecule has 0 spiro atoms. The summed E-state index contributed by atoms with van der Waals surface area (Å²) in [4.78, 5) is 17.6. The smallest absolute Gasteiger partial charge is 0.283 e. The predicted octanol–water partition coefficient (Wildman–Crippen LogP) is 3.12. The topological polar surface area (TPSA) is 71.3 Å². The molecule has 1 N–H and O–H groups in total. The van der Waals surface area contributed by atoms with Crippen molar-refractivity contribution >= 4 is 22.3 Å². The van der Waals surface area contributed by atoms with E-state index in [0.717, 1.165) is 30.8 Å². The minimum atomic E-state index is -0.316. The molecular formula is C16H22N4O2. The first-order chi connectivity index (χ1) is 10.4. The van der Waals surface area contributed by atoms with Crippen LogP contribution in [-0.4, -0.2) is 42.0 Å². The molecule has 2 aromatic rings. The molecule has 0 aliphatic carbocycles. The quantitative estimate of drug-likeness (QED) is 0.504. The number of aryl methyl sites for hydroxylation is 2. The number of rotatable bonds is 6. The van der Waals surface area contributed by atoms with E-state index in [1.807, 2.05) is 33.2 Å². The molecule has 0 fully saturated rings. The number of fused-ring (bicyclic) bond motifs is 1. The SMILES string of the molecule is Cc1cc(C)c2nccc(NCCCN(C)C)c2c1[N+](=O)[O-]. The fourth-order valence-corrected chi connectivity index (χ4v) is 2.66. The normalized spacial score (nSPS) is 11.1. The maximum atomic E-state index is 11.5. The van der Waals surface area contributed by atoms with Crippen molar-refractivity contribution in [3.8, 4) is 0 Å². The number of pyridine rings is 1. The lowest BCUT2D eigenvalue weighted by Gasteiger charge is -2.13. The van der Waals surface area contributed by atoms with Crippen molar-refractivity contribution in [3.05, 3.63) is 39.6 Å². The van der Waals surface area contributed by atoms with Crippen LogP contribution in [0.3, 0.4) is 0 Å². The van der Waals surface area contributed by atoms with Crippen LogP contribution in [0.25, 0.3) is 10.9 Å². The van der Waals surface area contributed by atoms with E-state index in [0.29, 0.717) is 16.5 Å². The Morgan fingerprint density at radius 1 is 1.32 bits per heavy atom. The molecule has 118 valence electrons. The Hall–Kier alpha value is -2.21. The summed E-state index contributed by atoms with van der Waals surface area (Å²) in [5, 5.41) is 15.4. The maximum absolute atomic E-state index is 11.5. The second-order valence-electron chi connectivity index (χ2n) is 5.78. The molecular weight excluding hydrogens is 280 g/mol. The lowest BCUT2D eigenvalue weighted by molar-refractivity contribution is -0.383. The van der Waals surface area contributed by atoms with Gasteiger partial charge in [0.1, 0.15) is 5.39 Å². The second-order valence-corrected chi connectivity index (χ2v) is 5.78. The molecule has 0 bridgehead atoms. The summed E-state index contributed by atoms with van der Waals surface area (Å²) < 4.78 is 0. The Kier molecular flexibility index (Phi) is 4.92. The van der Waals surface area contributed by atoms with Gasteiger partial charge in [0.05, 0.1) is 16.1 Å². The number of anilines is 1. The average molecular weight is 302 g/mol. The van der Waals surface area contributed by atoms with Crippen molar-refractivity contribution in [2.75, 3.05) is 32.5 Å². The van der Waals surface area contributed by atoms with Gasteiger partial charge in [-0.1, -0.05) is 0 Å². The monoisotopic (exact) mass is 302 g/mol. The molecule has 0 aliphatic rings. The molecule has 1 heterocycles. The standard InChI is InChI=1S/C16H22N4O2/c1-11-10-12(2)16(20(21)22)14-13(6-8-18-15(11)14)17-7-5-9-19(3)4/h6,8,10H,5,7,9H2,1-4H3,(H,17,18). The minimum absolute atomic E-state index is 0.142. The summed E-state index contributed by atoms with van der Waals surface area (Å²) >= 11 is 0. The Labute approximate surface area is 130 Å². The molecule has 6 heteroatoms. The third kappa shape index (κ3) is 3.33. The molecule has 0 unspecified atom stereocenters. The number of hydrogen-bond acceptors (Lipinski definition) is 5. The second kappa shape index (κ2) is 6.70. The van der Waals surface area contributed by atoms with E-state index in [9.17, 15) is 10.1 Å². The summed E-state index contributed by atoms with van der Waals surface area (Å²) in [6.45, 7) is 5.44. The van der Waals surface area contributed by atoms with Crippen LogP contribution in [0.1, 0.15) is 17.5 Å². The van der Waals surface area contributed by atoms with Gasteiger partial charge in [-0.2, -0.15) is 0 Å². The zero-order valence-electron chi connectivity index (χ0n) is 13.5. The van der Waals surface area contributed by atoms with Gasteiger partial charge in [0, 0.05) is 18.3 Å². The zero-order valence-corrected chi connectivity index (χ0v) is 13.5. The molecule has 0 aliphatic heterocycles. The third-order valence-corrected chi connectivity index (χ3v) is 3.65. The summed E-state index contributed by atoms with van der Waals surface area (Å²) in [5.41, 5.74) is 3.23. The summed E-state index contributed by atoms with van der Waals surface area (Å²) in [6, 6.07) is 3.63. The highest BCUT2D eigenvalue weighted by atomic mass is 16.6. The number of nitrogens with zero attached hydrogens (tertiary/aromatic N) is 3. The first-order valence-electron chi connectivity index (χ1n) is 7.33. The van der Waals surface area contributed by atoms with Gasteiger partial charge in [-0.15, -0.1) is 0 Å². The van der Waals surface area contributed by atoms with E-state index < -0.39 is 0 Å². The van der Waals surface area contributed by atoms with E-state index in [4.69, 9.17) is 0 Å². The van der Waals surface area contributed by atoms with E-state index >= 15 is 0 Å². The Bertz CT molecular complexity index is 698. The fourth-order valence-electron chi connectivity index (χ4n) is 2.66. The Morgan fingerprint density at radius 3 is 2.68 bits per heavy atom. The highest BCUT2D eigenvalue weighted by Gasteiger charge is 2.21. The van der Waals surface area contributed by atoms with Gasteiger partial charge < -0.3 is 10.2 Å². The number of nitrogens with one attached hydrogen (secondary N) is 1.